The number of hydrogen-bond acceptors (Lipinski definition) is 3. The van der Waals surface area contributed by atoms with Crippen LogP contribution in [0.15, 0.2) is 29.2 Å². The molecule has 1 aliphatic rings. The Morgan fingerprint density at radius 2 is 1.90 bits per heavy atom. The highest BCUT2D eigenvalue weighted by Gasteiger charge is 2.29. The van der Waals surface area contributed by atoms with Gasteiger partial charge in [0.05, 0.1) is 4.90 Å². The zero-order chi connectivity index (χ0) is 14.6. The Morgan fingerprint density at radius 1 is 1.24 bits per heavy atom. The SMILES string of the molecule is CCc1ccccc1S(=O)(=O)NC1CCCCC1CN.Cl. The third-order valence-corrected chi connectivity index (χ3v) is 5.75. The van der Waals surface area contributed by atoms with E-state index in [9.17, 15) is 8.42 Å². The lowest BCUT2D eigenvalue weighted by Crippen LogP contribution is -2.44. The van der Waals surface area contributed by atoms with Crippen molar-refractivity contribution in [3.63, 3.8) is 0 Å². The minimum absolute atomic E-state index is 0. The van der Waals surface area contributed by atoms with Crippen LogP contribution in [0.4, 0.5) is 0 Å². The fraction of sp³-hybridized carbons (Fsp3) is 0.600. The van der Waals surface area contributed by atoms with Crippen molar-refractivity contribution in [2.24, 2.45) is 11.7 Å². The van der Waals surface area contributed by atoms with Crippen LogP contribution < -0.4 is 10.5 Å². The van der Waals surface area contributed by atoms with Crippen LogP contribution in [0.5, 0.6) is 0 Å². The minimum Gasteiger partial charge on any atom is -0.330 e. The Morgan fingerprint density at radius 3 is 2.57 bits per heavy atom. The molecule has 6 heteroatoms. The summed E-state index contributed by atoms with van der Waals surface area (Å²) in [5.74, 6) is 0.257. The standard InChI is InChI=1S/C15H24N2O2S.ClH/c1-2-12-7-4-6-10-15(12)20(18,19)17-14-9-5-3-8-13(14)11-16;/h4,6-7,10,13-14,17H,2-3,5,8-9,11,16H2,1H3;1H. The van der Waals surface area contributed by atoms with Gasteiger partial charge in [0.15, 0.2) is 0 Å². The van der Waals surface area contributed by atoms with Gasteiger partial charge in [-0.25, -0.2) is 13.1 Å². The summed E-state index contributed by atoms with van der Waals surface area (Å²) in [6.45, 7) is 2.51. The van der Waals surface area contributed by atoms with Gasteiger partial charge in [0, 0.05) is 6.04 Å². The molecule has 4 nitrogen and oxygen atoms in total. The number of sulfonamides is 1. The van der Waals surface area contributed by atoms with Crippen LogP contribution in [0.3, 0.4) is 0 Å². The molecular formula is C15H25ClN2O2S. The zero-order valence-corrected chi connectivity index (χ0v) is 14.1. The van der Waals surface area contributed by atoms with Gasteiger partial charge < -0.3 is 5.73 Å². The Bertz CT molecular complexity index is 548. The number of nitrogens with two attached hydrogens (primary N) is 1. The highest BCUT2D eigenvalue weighted by molar-refractivity contribution is 7.89. The molecule has 0 amide bonds. The Balaban J connectivity index is 0.00000220. The zero-order valence-electron chi connectivity index (χ0n) is 12.4. The van der Waals surface area contributed by atoms with Gasteiger partial charge in [0.2, 0.25) is 10.0 Å². The topological polar surface area (TPSA) is 72.2 Å². The Labute approximate surface area is 134 Å². The molecule has 1 fully saturated rings. The van der Waals surface area contributed by atoms with Gasteiger partial charge in [-0.3, -0.25) is 0 Å². The van der Waals surface area contributed by atoms with E-state index < -0.39 is 10.0 Å². The van der Waals surface area contributed by atoms with Crippen molar-refractivity contribution in [2.75, 3.05) is 6.54 Å². The normalized spacial score (nSPS) is 22.6. The van der Waals surface area contributed by atoms with Crippen molar-refractivity contribution in [1.29, 1.82) is 0 Å². The first-order valence-electron chi connectivity index (χ1n) is 7.38. The molecule has 0 aliphatic heterocycles. The average molecular weight is 333 g/mol. The molecule has 120 valence electrons. The lowest BCUT2D eigenvalue weighted by Gasteiger charge is -2.31. The summed E-state index contributed by atoms with van der Waals surface area (Å²) in [7, 11) is -3.45. The maximum absolute atomic E-state index is 12.6. The molecule has 3 N–H and O–H groups in total. The Hall–Kier alpha value is -0.620. The van der Waals surface area contributed by atoms with Gasteiger partial charge in [-0.15, -0.1) is 12.4 Å². The first-order valence-corrected chi connectivity index (χ1v) is 8.87. The molecule has 1 aliphatic carbocycles. The number of nitrogens with one attached hydrogen (secondary N) is 1. The van der Waals surface area contributed by atoms with Crippen molar-refractivity contribution < 1.29 is 8.42 Å². The monoisotopic (exact) mass is 332 g/mol. The summed E-state index contributed by atoms with van der Waals surface area (Å²) >= 11 is 0. The molecule has 1 saturated carbocycles. The van der Waals surface area contributed by atoms with E-state index in [0.717, 1.165) is 31.2 Å². The molecule has 1 aromatic carbocycles. The predicted octanol–water partition coefficient (Wildman–Crippen LogP) is 2.47. The maximum Gasteiger partial charge on any atom is 0.241 e. The van der Waals surface area contributed by atoms with E-state index in [1.54, 1.807) is 12.1 Å². The molecule has 2 atom stereocenters. The lowest BCUT2D eigenvalue weighted by atomic mass is 9.85. The molecule has 0 aromatic heterocycles. The minimum atomic E-state index is -3.45. The van der Waals surface area contributed by atoms with E-state index in [1.165, 1.54) is 0 Å². The fourth-order valence-electron chi connectivity index (χ4n) is 2.97. The fourth-order valence-corrected chi connectivity index (χ4v) is 4.62. The molecule has 0 radical (unpaired) electrons. The molecule has 21 heavy (non-hydrogen) atoms. The van der Waals surface area contributed by atoms with Crippen molar-refractivity contribution >= 4 is 22.4 Å². The van der Waals surface area contributed by atoms with Crippen molar-refractivity contribution in [3.05, 3.63) is 29.8 Å². The van der Waals surface area contributed by atoms with Crippen LogP contribution in [-0.4, -0.2) is 21.0 Å². The van der Waals surface area contributed by atoms with E-state index in [2.05, 4.69) is 4.72 Å². The molecule has 0 bridgehead atoms. The lowest BCUT2D eigenvalue weighted by molar-refractivity contribution is 0.296. The third-order valence-electron chi connectivity index (χ3n) is 4.16. The van der Waals surface area contributed by atoms with E-state index in [1.807, 2.05) is 19.1 Å². The quantitative estimate of drug-likeness (QED) is 0.870. The molecule has 1 aromatic rings. The van der Waals surface area contributed by atoms with Crippen LogP contribution in [0.25, 0.3) is 0 Å². The van der Waals surface area contributed by atoms with Gasteiger partial charge in [-0.1, -0.05) is 38.0 Å². The average Bonchev–Trinajstić information content (AvgIpc) is 2.47. The first kappa shape index (κ1) is 18.4. The van der Waals surface area contributed by atoms with E-state index >= 15 is 0 Å². The molecular weight excluding hydrogens is 308 g/mol. The number of benzene rings is 1. The first-order chi connectivity index (χ1) is 9.58. The second-order valence-electron chi connectivity index (χ2n) is 5.47. The van der Waals surface area contributed by atoms with Crippen molar-refractivity contribution in [3.8, 4) is 0 Å². The number of halogens is 1. The van der Waals surface area contributed by atoms with Crippen LogP contribution in [-0.2, 0) is 16.4 Å². The second kappa shape index (κ2) is 8.13. The summed E-state index contributed by atoms with van der Waals surface area (Å²) < 4.78 is 28.1. The second-order valence-corrected chi connectivity index (χ2v) is 7.15. The van der Waals surface area contributed by atoms with Gasteiger partial charge in [0.25, 0.3) is 0 Å². The maximum atomic E-state index is 12.6. The summed E-state index contributed by atoms with van der Waals surface area (Å²) in [5.41, 5.74) is 6.63. The number of rotatable bonds is 5. The molecule has 2 unspecified atom stereocenters. The number of hydrogen-bond donors (Lipinski definition) is 2. The van der Waals surface area contributed by atoms with Gasteiger partial charge in [-0.2, -0.15) is 0 Å². The van der Waals surface area contributed by atoms with E-state index in [-0.39, 0.29) is 24.4 Å². The highest BCUT2D eigenvalue weighted by Crippen LogP contribution is 2.26. The number of aryl methyl sites for hydroxylation is 1. The van der Waals surface area contributed by atoms with Gasteiger partial charge in [0.1, 0.15) is 0 Å². The molecule has 0 saturated heterocycles. The Kier molecular flexibility index (Phi) is 7.13. The molecule has 0 heterocycles. The van der Waals surface area contributed by atoms with E-state index in [0.29, 0.717) is 17.9 Å². The largest absolute Gasteiger partial charge is 0.330 e. The van der Waals surface area contributed by atoms with Crippen LogP contribution in [0.1, 0.15) is 38.2 Å². The van der Waals surface area contributed by atoms with Crippen LogP contribution in [0, 0.1) is 5.92 Å². The van der Waals surface area contributed by atoms with Crippen molar-refractivity contribution in [1.82, 2.24) is 4.72 Å². The van der Waals surface area contributed by atoms with Gasteiger partial charge >= 0.3 is 0 Å². The smallest absolute Gasteiger partial charge is 0.241 e. The van der Waals surface area contributed by atoms with E-state index in [4.69, 9.17) is 5.73 Å². The van der Waals surface area contributed by atoms with Crippen LogP contribution >= 0.6 is 12.4 Å². The highest BCUT2D eigenvalue weighted by atomic mass is 35.5. The predicted molar refractivity (Wildman–Crippen MR) is 88.2 cm³/mol. The summed E-state index contributed by atoms with van der Waals surface area (Å²) in [6.07, 6.45) is 4.82. The van der Waals surface area contributed by atoms with Gasteiger partial charge in [-0.05, 0) is 43.4 Å². The summed E-state index contributed by atoms with van der Waals surface area (Å²) in [4.78, 5) is 0.406. The van der Waals surface area contributed by atoms with Crippen LogP contribution in [0.2, 0.25) is 0 Å². The molecule has 0 spiro atoms. The summed E-state index contributed by atoms with van der Waals surface area (Å²) in [5, 5.41) is 0. The summed E-state index contributed by atoms with van der Waals surface area (Å²) in [6, 6.07) is 7.18. The molecule has 2 rings (SSSR count). The third kappa shape index (κ3) is 4.42. The van der Waals surface area contributed by atoms with Crippen molar-refractivity contribution in [2.45, 2.75) is 50.0 Å².